The topological polar surface area (TPSA) is 61.4 Å². The maximum Gasteiger partial charge on any atom is 0.262 e. The summed E-state index contributed by atoms with van der Waals surface area (Å²) in [4.78, 5) is 12.8. The normalized spacial score (nSPS) is 11.4. The summed E-state index contributed by atoms with van der Waals surface area (Å²) < 4.78 is 10.5. The minimum absolute atomic E-state index is 0.0209. The first-order valence-corrected chi connectivity index (χ1v) is 10.8. The summed E-state index contributed by atoms with van der Waals surface area (Å²) in [5.41, 5.74) is 0.809. The van der Waals surface area contributed by atoms with Crippen molar-refractivity contribution in [3.63, 3.8) is 0 Å². The number of ether oxygens (including phenoxy) is 1. The smallest absolute Gasteiger partial charge is 0.262 e. The molecule has 2 aromatic heterocycles. The molecule has 0 spiro atoms. The maximum atomic E-state index is 12.8. The highest BCUT2D eigenvalue weighted by Gasteiger charge is 2.16. The number of thioether (sulfide) groups is 1. The lowest BCUT2D eigenvalue weighted by Gasteiger charge is -2.10. The first kappa shape index (κ1) is 19.0. The molecule has 8 heteroatoms. The average Bonchev–Trinajstić information content (AvgIpc) is 3.14. The molecule has 0 aliphatic carbocycles. The van der Waals surface area contributed by atoms with Crippen LogP contribution in [0.2, 0.25) is 0 Å². The Morgan fingerprint density at radius 3 is 2.68 bits per heavy atom. The third-order valence-corrected chi connectivity index (χ3v) is 5.74. The number of hydrogen-bond donors (Lipinski definition) is 0. The van der Waals surface area contributed by atoms with E-state index < -0.39 is 0 Å². The van der Waals surface area contributed by atoms with Crippen LogP contribution in [0, 0.1) is 0 Å². The molecule has 0 amide bonds. The van der Waals surface area contributed by atoms with E-state index in [0.29, 0.717) is 24.3 Å². The van der Waals surface area contributed by atoms with Crippen LogP contribution in [0.1, 0.15) is 13.3 Å². The Bertz CT molecular complexity index is 1170. The predicted octanol–water partition coefficient (Wildman–Crippen LogP) is 4.39. The fourth-order valence-electron chi connectivity index (χ4n) is 3.08. The van der Waals surface area contributed by atoms with Gasteiger partial charge < -0.3 is 4.74 Å². The third kappa shape index (κ3) is 3.66. The van der Waals surface area contributed by atoms with Crippen molar-refractivity contribution in [3.8, 4) is 5.75 Å². The predicted molar refractivity (Wildman–Crippen MR) is 115 cm³/mol. The highest BCUT2D eigenvalue weighted by atomic mass is 79.9. The number of aryl methyl sites for hydroxylation is 1. The average molecular weight is 459 g/mol. The maximum absolute atomic E-state index is 12.8. The second-order valence-electron chi connectivity index (χ2n) is 6.24. The molecule has 144 valence electrons. The summed E-state index contributed by atoms with van der Waals surface area (Å²) in [5, 5.41) is 10.1. The molecule has 2 heterocycles. The number of halogens is 1. The van der Waals surface area contributed by atoms with Gasteiger partial charge in [-0.25, -0.2) is 0 Å². The van der Waals surface area contributed by atoms with E-state index in [1.165, 1.54) is 0 Å². The van der Waals surface area contributed by atoms with Crippen LogP contribution in [0.5, 0.6) is 5.75 Å². The van der Waals surface area contributed by atoms with Crippen LogP contribution in [0.15, 0.2) is 63.0 Å². The molecule has 0 saturated heterocycles. The second-order valence-corrected chi connectivity index (χ2v) is 8.22. The molecule has 0 saturated carbocycles. The van der Waals surface area contributed by atoms with E-state index in [1.807, 2.05) is 59.9 Å². The summed E-state index contributed by atoms with van der Waals surface area (Å²) in [6, 6.07) is 15.4. The van der Waals surface area contributed by atoms with Gasteiger partial charge in [-0.3, -0.25) is 13.8 Å². The van der Waals surface area contributed by atoms with Gasteiger partial charge in [-0.1, -0.05) is 46.7 Å². The summed E-state index contributed by atoms with van der Waals surface area (Å²) in [5.74, 6) is 2.14. The molecule has 0 aliphatic rings. The summed E-state index contributed by atoms with van der Waals surface area (Å²) in [7, 11) is 0. The van der Waals surface area contributed by atoms with Crippen molar-refractivity contribution >= 4 is 44.4 Å². The van der Waals surface area contributed by atoms with E-state index in [1.54, 1.807) is 16.3 Å². The Hall–Kier alpha value is -2.32. The van der Waals surface area contributed by atoms with Gasteiger partial charge in [-0.2, -0.15) is 0 Å². The Kier molecular flexibility index (Phi) is 5.68. The molecule has 0 radical (unpaired) electrons. The van der Waals surface area contributed by atoms with E-state index in [0.717, 1.165) is 33.1 Å². The van der Waals surface area contributed by atoms with Crippen LogP contribution in [0.25, 0.3) is 16.7 Å². The zero-order valence-corrected chi connectivity index (χ0v) is 17.7. The van der Waals surface area contributed by atoms with Crippen LogP contribution < -0.4 is 10.3 Å². The zero-order valence-electron chi connectivity index (χ0n) is 15.3. The number of nitrogens with zero attached hydrogens (tertiary/aromatic N) is 4. The van der Waals surface area contributed by atoms with Gasteiger partial charge in [-0.15, -0.1) is 10.2 Å². The standard InChI is InChI=1S/C20H19BrN4O2S/c1-2-11-24-18(26)16-5-3-4-6-17(16)25-19(24)22-23-20(25)28-13-12-27-15-9-7-14(21)8-10-15/h3-10H,2,11-13H2,1H3. The molecular weight excluding hydrogens is 440 g/mol. The van der Waals surface area contributed by atoms with E-state index in [-0.39, 0.29) is 5.56 Å². The number of hydrogen-bond acceptors (Lipinski definition) is 5. The fraction of sp³-hybridized carbons (Fsp3) is 0.250. The van der Waals surface area contributed by atoms with Gasteiger partial charge >= 0.3 is 0 Å². The van der Waals surface area contributed by atoms with Crippen molar-refractivity contribution < 1.29 is 4.74 Å². The first-order valence-electron chi connectivity index (χ1n) is 9.07. The largest absolute Gasteiger partial charge is 0.493 e. The lowest BCUT2D eigenvalue weighted by atomic mass is 10.2. The molecule has 0 fully saturated rings. The van der Waals surface area contributed by atoms with Crippen molar-refractivity contribution in [2.45, 2.75) is 25.0 Å². The van der Waals surface area contributed by atoms with Crippen molar-refractivity contribution in [1.29, 1.82) is 0 Å². The third-order valence-electron chi connectivity index (χ3n) is 4.32. The van der Waals surface area contributed by atoms with Gasteiger partial charge in [0.05, 0.1) is 17.5 Å². The number of fused-ring (bicyclic) bond motifs is 3. The van der Waals surface area contributed by atoms with Gasteiger partial charge in [0, 0.05) is 16.8 Å². The minimum atomic E-state index is -0.0209. The Morgan fingerprint density at radius 1 is 1.11 bits per heavy atom. The monoisotopic (exact) mass is 458 g/mol. The minimum Gasteiger partial charge on any atom is -0.493 e. The second kappa shape index (κ2) is 8.36. The number of benzene rings is 2. The fourth-order valence-corrected chi connectivity index (χ4v) is 4.10. The van der Waals surface area contributed by atoms with Crippen molar-refractivity contribution in [3.05, 3.63) is 63.4 Å². The molecule has 0 N–H and O–H groups in total. The SMILES string of the molecule is CCCn1c(=O)c2ccccc2n2c(SCCOc3ccc(Br)cc3)nnc12. The van der Waals surface area contributed by atoms with Gasteiger partial charge in [0.2, 0.25) is 5.78 Å². The zero-order chi connectivity index (χ0) is 19.5. The van der Waals surface area contributed by atoms with Crippen LogP contribution in [-0.4, -0.2) is 31.5 Å². The Labute approximate surface area is 174 Å². The van der Waals surface area contributed by atoms with Gasteiger partial charge in [0.15, 0.2) is 5.16 Å². The van der Waals surface area contributed by atoms with Gasteiger partial charge in [-0.05, 0) is 42.8 Å². The van der Waals surface area contributed by atoms with E-state index in [2.05, 4.69) is 26.1 Å². The molecule has 0 unspecified atom stereocenters. The van der Waals surface area contributed by atoms with Crippen molar-refractivity contribution in [2.24, 2.45) is 0 Å². The molecule has 2 aromatic carbocycles. The number of para-hydroxylation sites is 1. The summed E-state index contributed by atoms with van der Waals surface area (Å²) in [6.45, 7) is 3.21. The summed E-state index contributed by atoms with van der Waals surface area (Å²) in [6.07, 6.45) is 0.851. The molecule has 0 bridgehead atoms. The Morgan fingerprint density at radius 2 is 1.89 bits per heavy atom. The first-order chi connectivity index (χ1) is 13.7. The molecule has 4 aromatic rings. The molecule has 4 rings (SSSR count). The summed E-state index contributed by atoms with van der Waals surface area (Å²) >= 11 is 4.98. The van der Waals surface area contributed by atoms with Crippen molar-refractivity contribution in [1.82, 2.24) is 19.2 Å². The van der Waals surface area contributed by atoms with Crippen LogP contribution in [-0.2, 0) is 6.54 Å². The highest BCUT2D eigenvalue weighted by molar-refractivity contribution is 9.10. The van der Waals surface area contributed by atoms with Crippen molar-refractivity contribution in [2.75, 3.05) is 12.4 Å². The van der Waals surface area contributed by atoms with E-state index in [4.69, 9.17) is 4.74 Å². The lowest BCUT2D eigenvalue weighted by Crippen LogP contribution is -2.23. The lowest BCUT2D eigenvalue weighted by molar-refractivity contribution is 0.344. The van der Waals surface area contributed by atoms with Crippen LogP contribution in [0.3, 0.4) is 0 Å². The van der Waals surface area contributed by atoms with Gasteiger partial charge in [0.1, 0.15) is 5.75 Å². The molecular formula is C20H19BrN4O2S. The Balaban J connectivity index is 1.61. The highest BCUT2D eigenvalue weighted by Crippen LogP contribution is 2.22. The van der Waals surface area contributed by atoms with E-state index >= 15 is 0 Å². The van der Waals surface area contributed by atoms with E-state index in [9.17, 15) is 4.79 Å². The number of aromatic nitrogens is 4. The van der Waals surface area contributed by atoms with Gasteiger partial charge in [0.25, 0.3) is 5.56 Å². The molecule has 6 nitrogen and oxygen atoms in total. The quantitative estimate of drug-likeness (QED) is 0.303. The van der Waals surface area contributed by atoms with Crippen LogP contribution in [0.4, 0.5) is 0 Å². The molecule has 0 atom stereocenters. The van der Waals surface area contributed by atoms with Crippen LogP contribution >= 0.6 is 27.7 Å². The molecule has 0 aliphatic heterocycles. The number of rotatable bonds is 7. The molecule has 28 heavy (non-hydrogen) atoms.